The number of aryl methyl sites for hydroxylation is 3. The third-order valence-corrected chi connectivity index (χ3v) is 2.77. The van der Waals surface area contributed by atoms with Crippen LogP contribution in [0.1, 0.15) is 18.4 Å². The molecule has 2 rings (SSSR count). The van der Waals surface area contributed by atoms with E-state index in [1.54, 1.807) is 6.33 Å². The van der Waals surface area contributed by atoms with Gasteiger partial charge < -0.3 is 0 Å². The summed E-state index contributed by atoms with van der Waals surface area (Å²) in [4.78, 5) is 8.54. The summed E-state index contributed by atoms with van der Waals surface area (Å²) in [5.74, 6) is 1.21. The molecule has 0 spiro atoms. The molecular weight excluding hydrogens is 176 g/mol. The summed E-state index contributed by atoms with van der Waals surface area (Å²) in [5, 5.41) is 0. The van der Waals surface area contributed by atoms with Gasteiger partial charge >= 0.3 is 5.65 Å². The van der Waals surface area contributed by atoms with Crippen molar-refractivity contribution in [2.75, 3.05) is 0 Å². The Hall–Kier alpha value is -1.45. The first-order chi connectivity index (χ1) is 6.66. The Labute approximate surface area is 83.2 Å². The van der Waals surface area contributed by atoms with Crippen LogP contribution in [-0.4, -0.2) is 14.5 Å². The molecule has 2 heterocycles. The van der Waals surface area contributed by atoms with E-state index in [9.17, 15) is 0 Å². The lowest BCUT2D eigenvalue weighted by Gasteiger charge is -1.93. The molecule has 4 nitrogen and oxygen atoms in total. The molecule has 0 amide bonds. The summed E-state index contributed by atoms with van der Waals surface area (Å²) in [6.45, 7) is 7.19. The van der Waals surface area contributed by atoms with Crippen LogP contribution in [0.4, 0.5) is 0 Å². The van der Waals surface area contributed by atoms with E-state index < -0.39 is 0 Å². The second-order valence-electron chi connectivity index (χ2n) is 3.48. The van der Waals surface area contributed by atoms with E-state index in [-0.39, 0.29) is 0 Å². The molecule has 0 aliphatic carbocycles. The van der Waals surface area contributed by atoms with Gasteiger partial charge in [0.1, 0.15) is 0 Å². The molecule has 74 valence electrons. The quantitative estimate of drug-likeness (QED) is 0.627. The van der Waals surface area contributed by atoms with Gasteiger partial charge in [-0.1, -0.05) is 4.98 Å². The van der Waals surface area contributed by atoms with E-state index in [1.807, 2.05) is 6.92 Å². The fourth-order valence-electron chi connectivity index (χ4n) is 1.92. The minimum atomic E-state index is 0.944. The SMILES string of the molecule is CC[n+]1c(C)n(C)c2c(C)ncnc21. The Morgan fingerprint density at radius 3 is 2.71 bits per heavy atom. The summed E-state index contributed by atoms with van der Waals surface area (Å²) in [5.41, 5.74) is 3.19. The van der Waals surface area contributed by atoms with Crippen LogP contribution in [0.2, 0.25) is 0 Å². The maximum absolute atomic E-state index is 4.33. The molecule has 0 saturated heterocycles. The van der Waals surface area contributed by atoms with Crippen molar-refractivity contribution in [2.24, 2.45) is 7.05 Å². The number of hydrogen-bond acceptors (Lipinski definition) is 2. The van der Waals surface area contributed by atoms with Crippen molar-refractivity contribution in [3.63, 3.8) is 0 Å². The van der Waals surface area contributed by atoms with Crippen molar-refractivity contribution >= 4 is 11.2 Å². The lowest BCUT2D eigenvalue weighted by Crippen LogP contribution is -2.35. The molecule has 0 N–H and O–H groups in total. The molecule has 0 bridgehead atoms. The minimum Gasteiger partial charge on any atom is -0.259 e. The number of fused-ring (bicyclic) bond motifs is 1. The molecule has 2 aromatic heterocycles. The monoisotopic (exact) mass is 191 g/mol. The van der Waals surface area contributed by atoms with Gasteiger partial charge in [0.25, 0.3) is 0 Å². The fraction of sp³-hybridized carbons (Fsp3) is 0.500. The van der Waals surface area contributed by atoms with Crippen molar-refractivity contribution in [3.8, 4) is 0 Å². The number of hydrogen-bond donors (Lipinski definition) is 0. The molecule has 0 radical (unpaired) electrons. The van der Waals surface area contributed by atoms with Gasteiger partial charge in [0.15, 0.2) is 11.8 Å². The maximum atomic E-state index is 4.33. The number of rotatable bonds is 1. The maximum Gasteiger partial charge on any atom is 0.305 e. The van der Waals surface area contributed by atoms with Crippen molar-refractivity contribution < 1.29 is 4.57 Å². The average Bonchev–Trinajstić information content (AvgIpc) is 2.41. The Balaban J connectivity index is 2.95. The minimum absolute atomic E-state index is 0.944. The second kappa shape index (κ2) is 3.04. The zero-order valence-corrected chi connectivity index (χ0v) is 9.07. The Bertz CT molecular complexity index is 484. The van der Waals surface area contributed by atoms with Crippen LogP contribution in [0, 0.1) is 13.8 Å². The van der Waals surface area contributed by atoms with Crippen LogP contribution in [0.3, 0.4) is 0 Å². The lowest BCUT2D eigenvalue weighted by atomic mass is 10.4. The first kappa shape index (κ1) is 9.12. The summed E-state index contributed by atoms with van der Waals surface area (Å²) in [7, 11) is 2.06. The third-order valence-electron chi connectivity index (χ3n) is 2.77. The van der Waals surface area contributed by atoms with Crippen molar-refractivity contribution in [3.05, 3.63) is 17.8 Å². The number of nitrogens with zero attached hydrogens (tertiary/aromatic N) is 4. The van der Waals surface area contributed by atoms with Crippen LogP contribution >= 0.6 is 0 Å². The Kier molecular flexibility index (Phi) is 1.98. The van der Waals surface area contributed by atoms with Gasteiger partial charge in [-0.2, -0.15) is 0 Å². The average molecular weight is 191 g/mol. The molecule has 0 saturated carbocycles. The van der Waals surface area contributed by atoms with Gasteiger partial charge in [0, 0.05) is 6.92 Å². The van der Waals surface area contributed by atoms with Crippen LogP contribution in [0.15, 0.2) is 6.33 Å². The summed E-state index contributed by atoms with van der Waals surface area (Å²) in [6, 6.07) is 0. The zero-order chi connectivity index (χ0) is 10.3. The molecule has 0 aliphatic heterocycles. The molecule has 0 aromatic carbocycles. The topological polar surface area (TPSA) is 34.6 Å². The summed E-state index contributed by atoms with van der Waals surface area (Å²) in [6.07, 6.45) is 1.63. The summed E-state index contributed by atoms with van der Waals surface area (Å²) < 4.78 is 4.35. The largest absolute Gasteiger partial charge is 0.305 e. The van der Waals surface area contributed by atoms with Crippen molar-refractivity contribution in [1.29, 1.82) is 0 Å². The molecule has 14 heavy (non-hydrogen) atoms. The van der Waals surface area contributed by atoms with Crippen LogP contribution in [-0.2, 0) is 13.6 Å². The predicted molar refractivity (Wildman–Crippen MR) is 53.9 cm³/mol. The highest BCUT2D eigenvalue weighted by molar-refractivity contribution is 5.70. The Morgan fingerprint density at radius 1 is 1.36 bits per heavy atom. The van der Waals surface area contributed by atoms with E-state index >= 15 is 0 Å². The molecular formula is C10H15N4+. The molecule has 0 aliphatic rings. The smallest absolute Gasteiger partial charge is 0.259 e. The molecule has 0 fully saturated rings. The lowest BCUT2D eigenvalue weighted by molar-refractivity contribution is -0.676. The highest BCUT2D eigenvalue weighted by Crippen LogP contribution is 2.12. The standard InChI is InChI=1S/C10H15N4/c1-5-14-8(3)13(4)9-7(2)11-6-12-10(9)14/h6H,5H2,1-4H3/q+1. The first-order valence-corrected chi connectivity index (χ1v) is 4.83. The highest BCUT2D eigenvalue weighted by Gasteiger charge is 2.20. The highest BCUT2D eigenvalue weighted by atomic mass is 15.2. The predicted octanol–water partition coefficient (Wildman–Crippen LogP) is 0.893. The van der Waals surface area contributed by atoms with Crippen molar-refractivity contribution in [2.45, 2.75) is 27.3 Å². The Morgan fingerprint density at radius 2 is 2.07 bits per heavy atom. The molecule has 2 aromatic rings. The van der Waals surface area contributed by atoms with E-state index in [0.29, 0.717) is 0 Å². The zero-order valence-electron chi connectivity index (χ0n) is 9.07. The number of aromatic nitrogens is 4. The van der Waals surface area contributed by atoms with Gasteiger partial charge in [0.2, 0.25) is 5.82 Å². The van der Waals surface area contributed by atoms with Gasteiger partial charge in [-0.15, -0.1) is 0 Å². The van der Waals surface area contributed by atoms with Gasteiger partial charge in [0.05, 0.1) is 19.3 Å². The first-order valence-electron chi connectivity index (χ1n) is 4.83. The van der Waals surface area contributed by atoms with Gasteiger partial charge in [-0.25, -0.2) is 9.55 Å². The van der Waals surface area contributed by atoms with E-state index in [1.165, 1.54) is 5.82 Å². The van der Waals surface area contributed by atoms with Crippen LogP contribution < -0.4 is 4.57 Å². The normalized spacial score (nSPS) is 11.1. The molecule has 4 heteroatoms. The van der Waals surface area contributed by atoms with E-state index in [2.05, 4.69) is 40.0 Å². The number of imidazole rings is 1. The van der Waals surface area contributed by atoms with E-state index in [4.69, 9.17) is 0 Å². The summed E-state index contributed by atoms with van der Waals surface area (Å²) >= 11 is 0. The van der Waals surface area contributed by atoms with E-state index in [0.717, 1.165) is 23.4 Å². The van der Waals surface area contributed by atoms with Crippen molar-refractivity contribution in [1.82, 2.24) is 14.5 Å². The van der Waals surface area contributed by atoms with Gasteiger partial charge in [-0.05, 0) is 13.8 Å². The van der Waals surface area contributed by atoms with Crippen LogP contribution in [0.25, 0.3) is 11.2 Å². The molecule has 0 unspecified atom stereocenters. The van der Waals surface area contributed by atoms with Gasteiger partial charge in [-0.3, -0.25) is 4.57 Å². The fourth-order valence-corrected chi connectivity index (χ4v) is 1.92. The second-order valence-corrected chi connectivity index (χ2v) is 3.48. The molecule has 0 atom stereocenters. The van der Waals surface area contributed by atoms with Crippen LogP contribution in [0.5, 0.6) is 0 Å². The third kappa shape index (κ3) is 1.03.